The summed E-state index contributed by atoms with van der Waals surface area (Å²) in [4.78, 5) is 28.1. The monoisotopic (exact) mass is 544 g/mol. The van der Waals surface area contributed by atoms with Crippen LogP contribution in [0.2, 0.25) is 5.02 Å². The predicted molar refractivity (Wildman–Crippen MR) is 146 cm³/mol. The van der Waals surface area contributed by atoms with E-state index < -0.39 is 11.0 Å². The Kier molecular flexibility index (Phi) is 14.3. The van der Waals surface area contributed by atoms with Crippen molar-refractivity contribution in [1.29, 1.82) is 0 Å². The summed E-state index contributed by atoms with van der Waals surface area (Å²) in [6.07, 6.45) is 5.37. The van der Waals surface area contributed by atoms with E-state index in [0.29, 0.717) is 17.1 Å². The van der Waals surface area contributed by atoms with Gasteiger partial charge >= 0.3 is 6.09 Å². The maximum Gasteiger partial charge on any atom is 0.441 e. The Labute approximate surface area is 225 Å². The Balaban J connectivity index is 0.000000239. The van der Waals surface area contributed by atoms with Gasteiger partial charge in [0.2, 0.25) is 0 Å². The van der Waals surface area contributed by atoms with Crippen molar-refractivity contribution < 1.29 is 18.8 Å². The van der Waals surface area contributed by atoms with Crippen LogP contribution in [0.4, 0.5) is 4.79 Å². The highest BCUT2D eigenvalue weighted by molar-refractivity contribution is 7.82. The number of likely N-dealkylation sites (tertiary alicyclic amines) is 1. The molecule has 0 saturated carbocycles. The van der Waals surface area contributed by atoms with Gasteiger partial charge in [0.05, 0.1) is 12.0 Å². The summed E-state index contributed by atoms with van der Waals surface area (Å²) in [5.74, 6) is 0. The SMILES string of the molecule is CC.COOC(=O)N1CCCC(N2CCN(C)CC2)C1.C[C@@H]1CCCCN1S(=O)c1ccc(Cl)cc1. The van der Waals surface area contributed by atoms with Gasteiger partial charge in [-0.15, -0.1) is 0 Å². The van der Waals surface area contributed by atoms with E-state index in [0.717, 1.165) is 70.0 Å². The second kappa shape index (κ2) is 16.6. The Hall–Kier alpha value is -1.23. The first kappa shape index (κ1) is 31.0. The number of hydrogen-bond acceptors (Lipinski definition) is 6. The summed E-state index contributed by atoms with van der Waals surface area (Å²) < 4.78 is 14.4. The third-order valence-corrected chi connectivity index (χ3v) is 8.73. The first-order valence-electron chi connectivity index (χ1n) is 13.2. The van der Waals surface area contributed by atoms with Gasteiger partial charge in [-0.3, -0.25) is 9.79 Å². The van der Waals surface area contributed by atoms with Gasteiger partial charge in [-0.25, -0.2) is 13.3 Å². The first-order valence-corrected chi connectivity index (χ1v) is 14.7. The van der Waals surface area contributed by atoms with E-state index in [-0.39, 0.29) is 6.09 Å². The smallest absolute Gasteiger partial charge is 0.304 e. The van der Waals surface area contributed by atoms with Crippen LogP contribution in [0.3, 0.4) is 0 Å². The van der Waals surface area contributed by atoms with Crippen molar-refractivity contribution in [3.05, 3.63) is 29.3 Å². The molecular weight excluding hydrogens is 500 g/mol. The van der Waals surface area contributed by atoms with Crippen molar-refractivity contribution in [2.24, 2.45) is 0 Å². The fourth-order valence-corrected chi connectivity index (χ4v) is 6.23. The molecule has 4 rings (SSSR count). The van der Waals surface area contributed by atoms with Gasteiger partial charge < -0.3 is 9.80 Å². The lowest BCUT2D eigenvalue weighted by Crippen LogP contribution is -2.55. The van der Waals surface area contributed by atoms with Gasteiger partial charge in [0.15, 0.2) is 0 Å². The molecule has 10 heteroatoms. The van der Waals surface area contributed by atoms with E-state index in [1.807, 2.05) is 26.0 Å². The number of benzene rings is 1. The lowest BCUT2D eigenvalue weighted by Gasteiger charge is -2.42. The molecule has 0 aromatic heterocycles. The average molecular weight is 545 g/mol. The number of likely N-dealkylation sites (N-methyl/N-ethyl adjacent to an activating group) is 1. The normalized spacial score (nSPS) is 24.6. The number of halogens is 1. The van der Waals surface area contributed by atoms with Gasteiger partial charge in [0.25, 0.3) is 0 Å². The quantitative estimate of drug-likeness (QED) is 0.406. The third kappa shape index (κ3) is 9.58. The molecule has 3 fully saturated rings. The summed E-state index contributed by atoms with van der Waals surface area (Å²) in [5.41, 5.74) is 0. The summed E-state index contributed by atoms with van der Waals surface area (Å²) >= 11 is 5.82. The average Bonchev–Trinajstić information content (AvgIpc) is 2.91. The number of hydrogen-bond donors (Lipinski definition) is 0. The maximum absolute atomic E-state index is 12.3. The molecule has 3 aliphatic heterocycles. The highest BCUT2D eigenvalue weighted by atomic mass is 35.5. The molecule has 0 spiro atoms. The van der Waals surface area contributed by atoms with Crippen LogP contribution >= 0.6 is 11.6 Å². The molecule has 3 heterocycles. The van der Waals surface area contributed by atoms with Crippen LogP contribution in [0.5, 0.6) is 0 Å². The standard InChI is InChI=1S/C12H16ClNOS.C12H23N3O3.C2H6/c1-10-4-2-3-9-14(10)16(15)12-7-5-11(13)6-8-12;1-13-6-8-14(9-7-13)11-4-3-5-15(10-11)12(16)18-17-2;1-2/h5-8,10H,2-4,9H2,1H3;11H,3-10H2,1-2H3;1-2H3/t10-,16?;;/m1../s1. The van der Waals surface area contributed by atoms with Crippen LogP contribution in [0.1, 0.15) is 52.9 Å². The fraction of sp³-hybridized carbons (Fsp3) is 0.731. The van der Waals surface area contributed by atoms with Gasteiger partial charge in [-0.2, -0.15) is 4.89 Å². The summed E-state index contributed by atoms with van der Waals surface area (Å²) in [6.45, 7) is 13.0. The van der Waals surface area contributed by atoms with Crippen molar-refractivity contribution in [3.8, 4) is 0 Å². The van der Waals surface area contributed by atoms with Crippen LogP contribution < -0.4 is 0 Å². The Morgan fingerprint density at radius 3 is 2.25 bits per heavy atom. The van der Waals surface area contributed by atoms with Crippen molar-refractivity contribution >= 4 is 28.7 Å². The van der Waals surface area contributed by atoms with E-state index in [1.165, 1.54) is 20.0 Å². The number of nitrogens with zero attached hydrogens (tertiary/aromatic N) is 4. The lowest BCUT2D eigenvalue weighted by atomic mass is 10.0. The van der Waals surface area contributed by atoms with Crippen LogP contribution in [0, 0.1) is 0 Å². The van der Waals surface area contributed by atoms with E-state index >= 15 is 0 Å². The first-order chi connectivity index (χ1) is 17.4. The zero-order chi connectivity index (χ0) is 26.5. The molecule has 0 N–H and O–H groups in total. The summed E-state index contributed by atoms with van der Waals surface area (Å²) in [5, 5.41) is 0.687. The largest absolute Gasteiger partial charge is 0.441 e. The summed E-state index contributed by atoms with van der Waals surface area (Å²) in [7, 11) is 2.48. The molecule has 3 aliphatic rings. The second-order valence-electron chi connectivity index (χ2n) is 9.29. The molecule has 1 amide bonds. The minimum Gasteiger partial charge on any atom is -0.304 e. The number of rotatable bonds is 4. The molecule has 3 saturated heterocycles. The van der Waals surface area contributed by atoms with E-state index in [2.05, 4.69) is 37.9 Å². The Morgan fingerprint density at radius 1 is 0.972 bits per heavy atom. The summed E-state index contributed by atoms with van der Waals surface area (Å²) in [6, 6.07) is 8.16. The van der Waals surface area contributed by atoms with Crippen LogP contribution in [0.15, 0.2) is 29.2 Å². The molecule has 0 aliphatic carbocycles. The second-order valence-corrected chi connectivity index (χ2v) is 11.2. The molecule has 1 aromatic carbocycles. The highest BCUT2D eigenvalue weighted by Crippen LogP contribution is 2.23. The molecular formula is C26H45ClN4O4S. The van der Waals surface area contributed by atoms with Gasteiger partial charge in [0, 0.05) is 62.9 Å². The minimum atomic E-state index is -1.03. The molecule has 2 unspecified atom stereocenters. The minimum absolute atomic E-state index is 0.365. The van der Waals surface area contributed by atoms with Crippen LogP contribution in [-0.4, -0.2) is 101 Å². The molecule has 8 nitrogen and oxygen atoms in total. The van der Waals surface area contributed by atoms with Crippen LogP contribution in [0.25, 0.3) is 0 Å². The van der Waals surface area contributed by atoms with Crippen molar-refractivity contribution in [3.63, 3.8) is 0 Å². The van der Waals surface area contributed by atoms with E-state index in [9.17, 15) is 9.00 Å². The molecule has 206 valence electrons. The molecule has 36 heavy (non-hydrogen) atoms. The van der Waals surface area contributed by atoms with Crippen molar-refractivity contribution in [1.82, 2.24) is 19.0 Å². The fourth-order valence-electron chi connectivity index (χ4n) is 4.73. The molecule has 0 bridgehead atoms. The van der Waals surface area contributed by atoms with Crippen LogP contribution in [-0.2, 0) is 20.8 Å². The maximum atomic E-state index is 12.3. The van der Waals surface area contributed by atoms with Gasteiger partial charge in [0.1, 0.15) is 11.0 Å². The predicted octanol–water partition coefficient (Wildman–Crippen LogP) is 4.66. The topological polar surface area (TPSA) is 65.6 Å². The molecule has 1 aromatic rings. The van der Waals surface area contributed by atoms with Gasteiger partial charge in [-0.05, 0) is 63.9 Å². The Bertz CT molecular complexity index is 793. The highest BCUT2D eigenvalue weighted by Gasteiger charge is 2.30. The third-order valence-electron chi connectivity index (χ3n) is 6.83. The number of carbonyl (C=O) groups is 1. The number of carbonyl (C=O) groups excluding carboxylic acids is 1. The zero-order valence-corrected chi connectivity index (χ0v) is 24.2. The number of piperazine rings is 1. The van der Waals surface area contributed by atoms with Gasteiger partial charge in [-0.1, -0.05) is 31.9 Å². The number of amides is 1. The zero-order valence-electron chi connectivity index (χ0n) is 22.7. The van der Waals surface area contributed by atoms with Crippen molar-refractivity contribution in [2.45, 2.75) is 69.9 Å². The molecule has 3 atom stereocenters. The lowest BCUT2D eigenvalue weighted by molar-refractivity contribution is -0.222. The number of piperidine rings is 2. The van der Waals surface area contributed by atoms with Crippen molar-refractivity contribution in [2.75, 3.05) is 60.0 Å². The molecule has 0 radical (unpaired) electrons. The van der Waals surface area contributed by atoms with E-state index in [4.69, 9.17) is 11.6 Å². The Morgan fingerprint density at radius 2 is 1.64 bits per heavy atom. The van der Waals surface area contributed by atoms with E-state index in [1.54, 1.807) is 17.0 Å².